The molecule has 0 saturated carbocycles. The van der Waals surface area contributed by atoms with Crippen molar-refractivity contribution in [3.05, 3.63) is 53.6 Å². The predicted molar refractivity (Wildman–Crippen MR) is 105 cm³/mol. The van der Waals surface area contributed by atoms with Gasteiger partial charge in [-0.15, -0.1) is 0 Å². The highest BCUT2D eigenvalue weighted by molar-refractivity contribution is 7.92. The van der Waals surface area contributed by atoms with Gasteiger partial charge in [0.05, 0.1) is 25.6 Å². The number of methoxy groups -OCH3 is 1. The van der Waals surface area contributed by atoms with Crippen molar-refractivity contribution >= 4 is 33.2 Å². The topological polar surface area (TPSA) is 84.9 Å². The summed E-state index contributed by atoms with van der Waals surface area (Å²) in [6.45, 7) is 0.0934. The number of amides is 1. The maximum Gasteiger partial charge on any atom is 0.240 e. The van der Waals surface area contributed by atoms with E-state index in [-0.39, 0.29) is 19.7 Å². The van der Waals surface area contributed by atoms with Crippen LogP contribution in [0.4, 0.5) is 5.69 Å². The van der Waals surface area contributed by atoms with Crippen LogP contribution in [0, 0.1) is 0 Å². The van der Waals surface area contributed by atoms with Crippen LogP contribution in [0.15, 0.2) is 48.5 Å². The molecule has 146 valence electrons. The van der Waals surface area contributed by atoms with E-state index in [0.717, 1.165) is 10.6 Å². The van der Waals surface area contributed by atoms with Crippen molar-refractivity contribution in [2.45, 2.75) is 0 Å². The molecule has 0 atom stereocenters. The number of nitrogens with zero attached hydrogens (tertiary/aromatic N) is 1. The molecule has 7 nitrogen and oxygen atoms in total. The number of anilines is 1. The van der Waals surface area contributed by atoms with E-state index in [0.29, 0.717) is 22.2 Å². The fourth-order valence-electron chi connectivity index (χ4n) is 2.28. The fraction of sp³-hybridized carbons (Fsp3) is 0.278. The number of carbonyl (C=O) groups excluding carboxylic acids is 1. The van der Waals surface area contributed by atoms with E-state index >= 15 is 0 Å². The molecular formula is C18H21ClN2O5S. The maximum absolute atomic E-state index is 12.2. The summed E-state index contributed by atoms with van der Waals surface area (Å²) in [5, 5.41) is 3.11. The molecule has 27 heavy (non-hydrogen) atoms. The number of halogens is 1. The first-order chi connectivity index (χ1) is 12.8. The molecule has 0 aliphatic carbocycles. The van der Waals surface area contributed by atoms with E-state index < -0.39 is 15.9 Å². The first-order valence-electron chi connectivity index (χ1n) is 8.07. The smallest absolute Gasteiger partial charge is 0.240 e. The molecule has 0 aromatic heterocycles. The normalized spacial score (nSPS) is 10.9. The Labute approximate surface area is 163 Å². The Balaban J connectivity index is 1.90. The molecule has 1 N–H and O–H groups in total. The molecule has 0 spiro atoms. The summed E-state index contributed by atoms with van der Waals surface area (Å²) in [4.78, 5) is 12.2. The number of hydrogen-bond acceptors (Lipinski definition) is 5. The van der Waals surface area contributed by atoms with Gasteiger partial charge in [-0.1, -0.05) is 23.7 Å². The molecule has 0 bridgehead atoms. The van der Waals surface area contributed by atoms with Crippen molar-refractivity contribution in [2.75, 3.05) is 37.4 Å². The fourth-order valence-corrected chi connectivity index (χ4v) is 3.27. The summed E-state index contributed by atoms with van der Waals surface area (Å²) < 4.78 is 35.8. The third-order valence-electron chi connectivity index (χ3n) is 3.55. The van der Waals surface area contributed by atoms with Gasteiger partial charge in [0, 0.05) is 5.02 Å². The van der Waals surface area contributed by atoms with Gasteiger partial charge in [0.25, 0.3) is 0 Å². The highest BCUT2D eigenvalue weighted by Gasteiger charge is 2.20. The first kappa shape index (κ1) is 20.9. The second-order valence-electron chi connectivity index (χ2n) is 5.60. The summed E-state index contributed by atoms with van der Waals surface area (Å²) in [6, 6.07) is 13.4. The standard InChI is InChI=1S/C18H21ClN2O5S/c1-25-16-5-3-4-6-17(16)26-12-11-20-18(22)13-21(27(2,23)24)15-9-7-14(19)8-10-15/h3-10H,11-13H2,1-2H3,(H,20,22). The zero-order valence-electron chi connectivity index (χ0n) is 15.0. The molecule has 2 aromatic carbocycles. The third-order valence-corrected chi connectivity index (χ3v) is 4.95. The lowest BCUT2D eigenvalue weighted by Crippen LogP contribution is -2.41. The summed E-state index contributed by atoms with van der Waals surface area (Å²) in [5.74, 6) is 0.710. The average molecular weight is 413 g/mol. The van der Waals surface area contributed by atoms with Crippen molar-refractivity contribution in [2.24, 2.45) is 0 Å². The molecule has 0 heterocycles. The van der Waals surface area contributed by atoms with Crippen LogP contribution in [-0.4, -0.2) is 47.4 Å². The van der Waals surface area contributed by atoms with Gasteiger partial charge in [-0.3, -0.25) is 9.10 Å². The lowest BCUT2D eigenvalue weighted by molar-refractivity contribution is -0.119. The minimum absolute atomic E-state index is 0.214. The SMILES string of the molecule is COc1ccccc1OCCNC(=O)CN(c1ccc(Cl)cc1)S(C)(=O)=O. The van der Waals surface area contributed by atoms with Crippen molar-refractivity contribution in [1.29, 1.82) is 0 Å². The molecule has 0 unspecified atom stereocenters. The van der Waals surface area contributed by atoms with Crippen molar-refractivity contribution in [3.8, 4) is 11.5 Å². The molecule has 0 saturated heterocycles. The average Bonchev–Trinajstić information content (AvgIpc) is 2.63. The van der Waals surface area contributed by atoms with E-state index in [1.165, 1.54) is 0 Å². The van der Waals surface area contributed by atoms with Gasteiger partial charge >= 0.3 is 0 Å². The van der Waals surface area contributed by atoms with E-state index in [9.17, 15) is 13.2 Å². The largest absolute Gasteiger partial charge is 0.493 e. The van der Waals surface area contributed by atoms with E-state index in [1.807, 2.05) is 12.1 Å². The summed E-state index contributed by atoms with van der Waals surface area (Å²) in [6.07, 6.45) is 1.04. The van der Waals surface area contributed by atoms with Crippen molar-refractivity contribution in [3.63, 3.8) is 0 Å². The van der Waals surface area contributed by atoms with E-state index in [4.69, 9.17) is 21.1 Å². The predicted octanol–water partition coefficient (Wildman–Crippen LogP) is 2.31. The molecule has 0 aliphatic heterocycles. The lowest BCUT2D eigenvalue weighted by atomic mass is 10.3. The van der Waals surface area contributed by atoms with Crippen LogP contribution in [0.5, 0.6) is 11.5 Å². The summed E-state index contributed by atoms with van der Waals surface area (Å²) >= 11 is 5.82. The Morgan fingerprint density at radius 3 is 2.33 bits per heavy atom. The number of para-hydroxylation sites is 2. The van der Waals surface area contributed by atoms with Gasteiger partial charge < -0.3 is 14.8 Å². The minimum atomic E-state index is -3.63. The Kier molecular flexibility index (Phi) is 7.32. The van der Waals surface area contributed by atoms with Crippen molar-refractivity contribution < 1.29 is 22.7 Å². The monoisotopic (exact) mass is 412 g/mol. The molecule has 0 radical (unpaired) electrons. The number of benzene rings is 2. The molecule has 9 heteroatoms. The van der Waals surface area contributed by atoms with Crippen LogP contribution in [0.2, 0.25) is 5.02 Å². The molecule has 2 rings (SSSR count). The number of carbonyl (C=O) groups is 1. The van der Waals surface area contributed by atoms with Crippen LogP contribution in [0.1, 0.15) is 0 Å². The Morgan fingerprint density at radius 1 is 1.11 bits per heavy atom. The van der Waals surface area contributed by atoms with Gasteiger partial charge in [0.15, 0.2) is 11.5 Å². The Bertz CT molecular complexity index is 872. The molecule has 1 amide bonds. The maximum atomic E-state index is 12.2. The lowest BCUT2D eigenvalue weighted by Gasteiger charge is -2.22. The summed E-state index contributed by atoms with van der Waals surface area (Å²) in [7, 11) is -2.08. The number of nitrogens with one attached hydrogen (secondary N) is 1. The number of sulfonamides is 1. The molecule has 0 fully saturated rings. The quantitative estimate of drug-likeness (QED) is 0.639. The zero-order chi connectivity index (χ0) is 19.9. The van der Waals surface area contributed by atoms with Gasteiger partial charge in [-0.05, 0) is 36.4 Å². The first-order valence-corrected chi connectivity index (χ1v) is 10.3. The van der Waals surface area contributed by atoms with Crippen LogP contribution in [0.25, 0.3) is 0 Å². The highest BCUT2D eigenvalue weighted by Crippen LogP contribution is 2.25. The van der Waals surface area contributed by atoms with Gasteiger partial charge in [-0.25, -0.2) is 8.42 Å². The zero-order valence-corrected chi connectivity index (χ0v) is 16.6. The van der Waals surface area contributed by atoms with E-state index in [1.54, 1.807) is 43.5 Å². The highest BCUT2D eigenvalue weighted by atomic mass is 35.5. The second kappa shape index (κ2) is 9.48. The Morgan fingerprint density at radius 2 is 1.74 bits per heavy atom. The van der Waals surface area contributed by atoms with Gasteiger partial charge in [-0.2, -0.15) is 0 Å². The molecule has 0 aliphatic rings. The van der Waals surface area contributed by atoms with Crippen LogP contribution in [-0.2, 0) is 14.8 Å². The van der Waals surface area contributed by atoms with Gasteiger partial charge in [0.1, 0.15) is 13.2 Å². The van der Waals surface area contributed by atoms with Gasteiger partial charge in [0.2, 0.25) is 15.9 Å². The number of hydrogen-bond donors (Lipinski definition) is 1. The minimum Gasteiger partial charge on any atom is -0.493 e. The van der Waals surface area contributed by atoms with Crippen LogP contribution < -0.4 is 19.1 Å². The molecular weight excluding hydrogens is 392 g/mol. The van der Waals surface area contributed by atoms with Crippen molar-refractivity contribution in [1.82, 2.24) is 5.32 Å². The Hall–Kier alpha value is -2.45. The third kappa shape index (κ3) is 6.33. The number of ether oxygens (including phenoxy) is 2. The molecule has 2 aromatic rings. The van der Waals surface area contributed by atoms with E-state index in [2.05, 4.69) is 5.32 Å². The second-order valence-corrected chi connectivity index (χ2v) is 7.94. The van der Waals surface area contributed by atoms with Crippen LogP contribution in [0.3, 0.4) is 0 Å². The summed E-state index contributed by atoms with van der Waals surface area (Å²) in [5.41, 5.74) is 0.363. The van der Waals surface area contributed by atoms with Crippen LogP contribution >= 0.6 is 11.6 Å². The number of rotatable bonds is 9.